The van der Waals surface area contributed by atoms with Gasteiger partial charge in [0.25, 0.3) is 0 Å². The van der Waals surface area contributed by atoms with Crippen LogP contribution < -0.4 is 10.1 Å². The molecule has 0 aliphatic rings. The third-order valence-corrected chi connectivity index (χ3v) is 3.19. The Morgan fingerprint density at radius 2 is 2.05 bits per heavy atom. The van der Waals surface area contributed by atoms with Crippen LogP contribution in [0.3, 0.4) is 0 Å². The smallest absolute Gasteiger partial charge is 0.223 e. The van der Waals surface area contributed by atoms with Crippen molar-refractivity contribution >= 4 is 0 Å². The van der Waals surface area contributed by atoms with E-state index in [0.717, 1.165) is 23.4 Å². The highest BCUT2D eigenvalue weighted by atomic mass is 16.5. The summed E-state index contributed by atoms with van der Waals surface area (Å²) in [6, 6.07) is 10.1. The first-order valence-corrected chi connectivity index (χ1v) is 7.09. The van der Waals surface area contributed by atoms with Gasteiger partial charge in [0.2, 0.25) is 5.88 Å². The highest BCUT2D eigenvalue weighted by Crippen LogP contribution is 2.26. The molecule has 1 aromatic carbocycles. The molecule has 0 bridgehead atoms. The Hall–Kier alpha value is -1.91. The minimum absolute atomic E-state index is 0.648. The molecule has 0 aliphatic carbocycles. The van der Waals surface area contributed by atoms with Gasteiger partial charge >= 0.3 is 0 Å². The first-order valence-electron chi connectivity index (χ1n) is 7.09. The van der Waals surface area contributed by atoms with Gasteiger partial charge in [-0.1, -0.05) is 23.8 Å². The predicted octanol–water partition coefficient (Wildman–Crippen LogP) is 3.23. The number of aromatic nitrogens is 1. The number of hydrogen-bond donors (Lipinski definition) is 1. The number of ether oxygens (including phenoxy) is 2. The number of pyridine rings is 1. The molecule has 0 saturated carbocycles. The number of nitrogens with one attached hydrogen (secondary N) is 1. The number of hydrogen-bond acceptors (Lipinski definition) is 4. The average molecular weight is 286 g/mol. The number of methoxy groups -OCH3 is 1. The summed E-state index contributed by atoms with van der Waals surface area (Å²) in [5, 5.41) is 3.31. The normalized spacial score (nSPS) is 10.6. The Morgan fingerprint density at radius 3 is 2.81 bits per heavy atom. The quantitative estimate of drug-likeness (QED) is 0.794. The van der Waals surface area contributed by atoms with Gasteiger partial charge in [-0.25, -0.2) is 4.98 Å². The molecule has 4 nitrogen and oxygen atoms in total. The molecule has 4 heteroatoms. The molecule has 1 aromatic heterocycles. The second kappa shape index (κ2) is 7.76. The lowest BCUT2D eigenvalue weighted by Crippen LogP contribution is -2.19. The van der Waals surface area contributed by atoms with Crippen LogP contribution >= 0.6 is 0 Å². The Bertz CT molecular complexity index is 585. The molecule has 21 heavy (non-hydrogen) atoms. The molecule has 0 spiro atoms. The average Bonchev–Trinajstić information content (AvgIpc) is 2.48. The predicted molar refractivity (Wildman–Crippen MR) is 83.8 cm³/mol. The summed E-state index contributed by atoms with van der Waals surface area (Å²) in [5.74, 6) is 1.49. The second-order valence-corrected chi connectivity index (χ2v) is 5.01. The van der Waals surface area contributed by atoms with Gasteiger partial charge in [-0.15, -0.1) is 0 Å². The van der Waals surface area contributed by atoms with Crippen LogP contribution in [0.1, 0.15) is 16.7 Å². The van der Waals surface area contributed by atoms with Crippen molar-refractivity contribution in [2.45, 2.75) is 20.4 Å². The van der Waals surface area contributed by atoms with Gasteiger partial charge in [0.15, 0.2) is 0 Å². The van der Waals surface area contributed by atoms with Crippen molar-refractivity contribution in [3.63, 3.8) is 0 Å². The number of rotatable bonds is 7. The molecule has 112 valence electrons. The van der Waals surface area contributed by atoms with E-state index in [4.69, 9.17) is 9.47 Å². The highest BCUT2D eigenvalue weighted by Gasteiger charge is 2.07. The molecular weight excluding hydrogens is 264 g/mol. The summed E-state index contributed by atoms with van der Waals surface area (Å²) in [7, 11) is 1.69. The van der Waals surface area contributed by atoms with E-state index in [1.807, 2.05) is 31.2 Å². The summed E-state index contributed by atoms with van der Waals surface area (Å²) >= 11 is 0. The van der Waals surface area contributed by atoms with Gasteiger partial charge in [-0.05, 0) is 31.5 Å². The Kier molecular flexibility index (Phi) is 5.72. The maximum absolute atomic E-state index is 5.97. The maximum atomic E-state index is 5.97. The first kappa shape index (κ1) is 15.5. The van der Waals surface area contributed by atoms with Gasteiger partial charge in [-0.2, -0.15) is 0 Å². The molecule has 0 unspecified atom stereocenters. The van der Waals surface area contributed by atoms with Crippen LogP contribution in [-0.2, 0) is 11.3 Å². The zero-order valence-electron chi connectivity index (χ0n) is 12.8. The molecule has 0 fully saturated rings. The lowest BCUT2D eigenvalue weighted by molar-refractivity contribution is 0.199. The molecule has 0 aliphatic heterocycles. The monoisotopic (exact) mass is 286 g/mol. The highest BCUT2D eigenvalue weighted by molar-refractivity contribution is 5.39. The van der Waals surface area contributed by atoms with Gasteiger partial charge in [-0.3, -0.25) is 0 Å². The van der Waals surface area contributed by atoms with E-state index in [1.54, 1.807) is 13.3 Å². The van der Waals surface area contributed by atoms with Crippen LogP contribution in [-0.4, -0.2) is 25.2 Å². The fraction of sp³-hybridized carbons (Fsp3) is 0.353. The number of aryl methyl sites for hydroxylation is 2. The molecule has 1 heterocycles. The van der Waals surface area contributed by atoms with E-state index in [-0.39, 0.29) is 0 Å². The van der Waals surface area contributed by atoms with Crippen LogP contribution in [0.15, 0.2) is 36.5 Å². The van der Waals surface area contributed by atoms with Crippen molar-refractivity contribution in [2.75, 3.05) is 20.3 Å². The molecular formula is C17H22N2O2. The van der Waals surface area contributed by atoms with Gasteiger partial charge in [0.1, 0.15) is 5.75 Å². The number of nitrogens with zero attached hydrogens (tertiary/aromatic N) is 1. The van der Waals surface area contributed by atoms with Gasteiger partial charge in [0.05, 0.1) is 6.61 Å². The third-order valence-electron chi connectivity index (χ3n) is 3.19. The van der Waals surface area contributed by atoms with Crippen LogP contribution in [0.25, 0.3) is 0 Å². The molecule has 0 amide bonds. The van der Waals surface area contributed by atoms with Crippen molar-refractivity contribution in [1.82, 2.24) is 10.3 Å². The van der Waals surface area contributed by atoms with Gasteiger partial charge in [0, 0.05) is 32.0 Å². The van der Waals surface area contributed by atoms with E-state index in [2.05, 4.69) is 23.3 Å². The van der Waals surface area contributed by atoms with Crippen LogP contribution in [0, 0.1) is 13.8 Å². The summed E-state index contributed by atoms with van der Waals surface area (Å²) in [5.41, 5.74) is 3.37. The van der Waals surface area contributed by atoms with Crippen LogP contribution in [0.2, 0.25) is 0 Å². The van der Waals surface area contributed by atoms with Crippen molar-refractivity contribution in [2.24, 2.45) is 0 Å². The summed E-state index contributed by atoms with van der Waals surface area (Å²) in [6.07, 6.45) is 1.75. The fourth-order valence-electron chi connectivity index (χ4n) is 2.07. The topological polar surface area (TPSA) is 43.4 Å². The minimum atomic E-state index is 0.648. The van der Waals surface area contributed by atoms with E-state index >= 15 is 0 Å². The van der Waals surface area contributed by atoms with Gasteiger partial charge < -0.3 is 14.8 Å². The number of benzene rings is 1. The zero-order chi connectivity index (χ0) is 15.1. The van der Waals surface area contributed by atoms with Crippen molar-refractivity contribution in [3.05, 3.63) is 53.2 Å². The molecule has 0 saturated heterocycles. The Balaban J connectivity index is 2.08. The third kappa shape index (κ3) is 4.55. The molecule has 0 atom stereocenters. The minimum Gasteiger partial charge on any atom is -0.438 e. The lowest BCUT2D eigenvalue weighted by Gasteiger charge is -2.12. The summed E-state index contributed by atoms with van der Waals surface area (Å²) < 4.78 is 11.0. The first-order chi connectivity index (χ1) is 10.2. The summed E-state index contributed by atoms with van der Waals surface area (Å²) in [6.45, 7) is 6.31. The lowest BCUT2D eigenvalue weighted by atomic mass is 10.1. The summed E-state index contributed by atoms with van der Waals surface area (Å²) in [4.78, 5) is 4.34. The van der Waals surface area contributed by atoms with E-state index in [1.165, 1.54) is 5.56 Å². The largest absolute Gasteiger partial charge is 0.438 e. The van der Waals surface area contributed by atoms with E-state index in [0.29, 0.717) is 19.0 Å². The maximum Gasteiger partial charge on any atom is 0.223 e. The van der Waals surface area contributed by atoms with Crippen molar-refractivity contribution in [1.29, 1.82) is 0 Å². The Labute approximate surface area is 126 Å². The van der Waals surface area contributed by atoms with E-state index in [9.17, 15) is 0 Å². The molecule has 1 N–H and O–H groups in total. The zero-order valence-corrected chi connectivity index (χ0v) is 12.8. The SMILES string of the molecule is COCCNCc1cccnc1Oc1ccc(C)cc1C. The van der Waals surface area contributed by atoms with E-state index < -0.39 is 0 Å². The van der Waals surface area contributed by atoms with Crippen molar-refractivity contribution < 1.29 is 9.47 Å². The molecule has 2 rings (SSSR count). The standard InChI is InChI=1S/C17H22N2O2/c1-13-6-7-16(14(2)11-13)21-17-15(5-4-8-19-17)12-18-9-10-20-3/h4-8,11,18H,9-10,12H2,1-3H3. The molecule has 2 aromatic rings. The second-order valence-electron chi connectivity index (χ2n) is 5.01. The molecule has 0 radical (unpaired) electrons. The van der Waals surface area contributed by atoms with Crippen LogP contribution in [0.5, 0.6) is 11.6 Å². The van der Waals surface area contributed by atoms with Crippen LogP contribution in [0.4, 0.5) is 0 Å². The Morgan fingerprint density at radius 1 is 1.19 bits per heavy atom. The van der Waals surface area contributed by atoms with Crippen molar-refractivity contribution in [3.8, 4) is 11.6 Å². The fourth-order valence-corrected chi connectivity index (χ4v) is 2.07.